The fraction of sp³-hybridized carbons (Fsp3) is 0.517. The lowest BCUT2D eigenvalue weighted by molar-refractivity contribution is 0.354. The Labute approximate surface area is 415 Å². The maximum Gasteiger partial charge on any atom is 0.161 e. The molecule has 70 heavy (non-hydrogen) atoms. The van der Waals surface area contributed by atoms with Crippen LogP contribution in [0.2, 0.25) is 0 Å². The summed E-state index contributed by atoms with van der Waals surface area (Å²) < 4.78 is 45.9. The number of fused-ring (bicyclic) bond motifs is 4. The molecule has 0 fully saturated rings. The van der Waals surface area contributed by atoms with Crippen molar-refractivity contribution >= 4 is 22.8 Å². The summed E-state index contributed by atoms with van der Waals surface area (Å²) in [5.41, 5.74) is 14.7. The van der Waals surface area contributed by atoms with Crippen LogP contribution in [0.15, 0.2) is 68.5 Å². The molecule has 4 heterocycles. The van der Waals surface area contributed by atoms with Gasteiger partial charge in [-0.05, 0) is 148 Å². The zero-order chi connectivity index (χ0) is 49.0. The summed E-state index contributed by atoms with van der Waals surface area (Å²) in [6, 6.07) is 17.1. The Kier molecular flexibility index (Phi) is 17.4. The third-order valence-corrected chi connectivity index (χ3v) is 14.9. The van der Waals surface area contributed by atoms with Crippen LogP contribution < -0.4 is 37.9 Å². The van der Waals surface area contributed by atoms with Crippen molar-refractivity contribution in [3.8, 4) is 46.0 Å². The molecule has 2 unspecified atom stereocenters. The summed E-state index contributed by atoms with van der Waals surface area (Å²) in [6.07, 6.45) is 16.1. The van der Waals surface area contributed by atoms with Gasteiger partial charge in [0.05, 0.1) is 56.9 Å². The van der Waals surface area contributed by atoms with Crippen LogP contribution in [-0.4, -0.2) is 106 Å². The topological polar surface area (TPSA) is 123 Å². The molecule has 0 spiro atoms. The van der Waals surface area contributed by atoms with E-state index in [1.165, 1.54) is 67.4 Å². The molecule has 0 radical (unpaired) electrons. The van der Waals surface area contributed by atoms with Gasteiger partial charge in [0.1, 0.15) is 0 Å². The highest BCUT2D eigenvalue weighted by molar-refractivity contribution is 6.06. The lowest BCUT2D eigenvalue weighted by atomic mass is 9.81. The van der Waals surface area contributed by atoms with Crippen molar-refractivity contribution < 1.29 is 37.9 Å². The van der Waals surface area contributed by atoms with Gasteiger partial charge in [0.15, 0.2) is 46.0 Å². The molecule has 0 bridgehead atoms. The van der Waals surface area contributed by atoms with Crippen molar-refractivity contribution in [2.75, 3.05) is 83.1 Å². The standard InChI is InChI=1S/C58H74N4O8/c1-63-49-29-39-21-25-59-47(43(39)33-53(49)67-5)19-13-11-17-37(57-45-35-55(69-7)51(65-3)31-41(45)23-27-61-57)15-9-10-16-38(58-46-36-56(70-8)52(66-4)32-42(46)24-28-62-58)18-12-14-20-48-44-34-54(68-6)50(64-2)30-40(44)22-26-60-48/h29-38H,9-28H2,1-8H3. The maximum atomic E-state index is 5.85. The van der Waals surface area contributed by atoms with Crippen LogP contribution >= 0.6 is 0 Å². The lowest BCUT2D eigenvalue weighted by Crippen LogP contribution is -2.24. The monoisotopic (exact) mass is 955 g/mol. The number of ether oxygens (including phenoxy) is 8. The van der Waals surface area contributed by atoms with Gasteiger partial charge in [-0.15, -0.1) is 0 Å². The van der Waals surface area contributed by atoms with Gasteiger partial charge in [0, 0.05) is 83.1 Å². The van der Waals surface area contributed by atoms with Gasteiger partial charge in [0.25, 0.3) is 0 Å². The van der Waals surface area contributed by atoms with Crippen LogP contribution in [0.4, 0.5) is 0 Å². The van der Waals surface area contributed by atoms with E-state index in [-0.39, 0.29) is 0 Å². The minimum Gasteiger partial charge on any atom is -0.493 e. The highest BCUT2D eigenvalue weighted by atomic mass is 16.5. The number of aliphatic imine (C=N–C) groups is 4. The van der Waals surface area contributed by atoms with Gasteiger partial charge >= 0.3 is 0 Å². The SMILES string of the molecule is COc1cc2c(cc1OC)C(CCCCC(CCCCC(CCCCC1=NCCc3cc(OC)c(OC)cc31)C1=NCCc3cc(OC)c(OC)cc31)C1=NCCc3cc(OC)c(OC)cc31)=NCC2. The normalized spacial score (nSPS) is 15.6. The van der Waals surface area contributed by atoms with Crippen LogP contribution in [0.1, 0.15) is 122 Å². The third kappa shape index (κ3) is 11.3. The van der Waals surface area contributed by atoms with E-state index in [0.29, 0.717) is 11.8 Å². The molecule has 0 aromatic heterocycles. The number of unbranched alkanes of at least 4 members (excludes halogenated alkanes) is 3. The zero-order valence-electron chi connectivity index (χ0n) is 43.0. The van der Waals surface area contributed by atoms with Crippen molar-refractivity contribution in [2.45, 2.75) is 103 Å². The summed E-state index contributed by atoms with van der Waals surface area (Å²) in [5.74, 6) is 6.72. The summed E-state index contributed by atoms with van der Waals surface area (Å²) >= 11 is 0. The molecule has 0 saturated heterocycles. The van der Waals surface area contributed by atoms with Crippen molar-refractivity contribution in [3.05, 3.63) is 93.0 Å². The van der Waals surface area contributed by atoms with E-state index in [0.717, 1.165) is 175 Å². The van der Waals surface area contributed by atoms with Gasteiger partial charge in [-0.3, -0.25) is 20.0 Å². The largest absolute Gasteiger partial charge is 0.493 e. The van der Waals surface area contributed by atoms with E-state index < -0.39 is 0 Å². The highest BCUT2D eigenvalue weighted by Gasteiger charge is 2.28. The summed E-state index contributed by atoms with van der Waals surface area (Å²) in [5, 5.41) is 0. The minimum atomic E-state index is 0.308. The number of nitrogens with zero attached hydrogens (tertiary/aromatic N) is 4. The first-order valence-corrected chi connectivity index (χ1v) is 25.5. The Bertz CT molecular complexity index is 2420. The van der Waals surface area contributed by atoms with E-state index in [1.54, 1.807) is 56.9 Å². The first-order valence-electron chi connectivity index (χ1n) is 25.5. The molecule has 374 valence electrons. The molecule has 0 amide bonds. The molecule has 2 atom stereocenters. The van der Waals surface area contributed by atoms with E-state index >= 15 is 0 Å². The fourth-order valence-electron chi connectivity index (χ4n) is 11.2. The van der Waals surface area contributed by atoms with Crippen molar-refractivity contribution in [3.63, 3.8) is 0 Å². The maximum absolute atomic E-state index is 5.85. The molecular formula is C58H74N4O8. The number of hydrogen-bond acceptors (Lipinski definition) is 12. The second-order valence-electron chi connectivity index (χ2n) is 18.8. The zero-order valence-corrected chi connectivity index (χ0v) is 43.0. The average Bonchev–Trinajstić information content (AvgIpc) is 3.40. The molecule has 4 aromatic carbocycles. The molecule has 4 aliphatic rings. The summed E-state index contributed by atoms with van der Waals surface area (Å²) in [6.45, 7) is 3.16. The Morgan fingerprint density at radius 2 is 0.586 bits per heavy atom. The molecule has 0 N–H and O–H groups in total. The number of benzene rings is 4. The fourth-order valence-corrected chi connectivity index (χ4v) is 11.2. The van der Waals surface area contributed by atoms with Crippen molar-refractivity contribution in [1.29, 1.82) is 0 Å². The highest BCUT2D eigenvalue weighted by Crippen LogP contribution is 2.40. The van der Waals surface area contributed by atoms with Crippen LogP contribution in [0.25, 0.3) is 0 Å². The Balaban J connectivity index is 0.983. The molecule has 0 aliphatic carbocycles. The van der Waals surface area contributed by atoms with Gasteiger partial charge in [-0.1, -0.05) is 25.7 Å². The van der Waals surface area contributed by atoms with E-state index in [4.69, 9.17) is 57.9 Å². The van der Waals surface area contributed by atoms with Gasteiger partial charge in [-0.2, -0.15) is 0 Å². The first-order chi connectivity index (χ1) is 34.3. The molecule has 8 rings (SSSR count). The smallest absolute Gasteiger partial charge is 0.161 e. The van der Waals surface area contributed by atoms with Gasteiger partial charge in [-0.25, -0.2) is 0 Å². The van der Waals surface area contributed by atoms with Crippen LogP contribution in [0.5, 0.6) is 46.0 Å². The van der Waals surface area contributed by atoms with Crippen LogP contribution in [-0.2, 0) is 25.7 Å². The van der Waals surface area contributed by atoms with Gasteiger partial charge in [0.2, 0.25) is 0 Å². The molecule has 12 nitrogen and oxygen atoms in total. The predicted octanol–water partition coefficient (Wildman–Crippen LogP) is 11.2. The van der Waals surface area contributed by atoms with Crippen molar-refractivity contribution in [2.24, 2.45) is 31.8 Å². The first kappa shape index (κ1) is 50.4. The number of methoxy groups -OCH3 is 8. The number of rotatable bonds is 25. The van der Waals surface area contributed by atoms with Gasteiger partial charge < -0.3 is 37.9 Å². The molecule has 12 heteroatoms. The van der Waals surface area contributed by atoms with Crippen LogP contribution in [0, 0.1) is 11.8 Å². The Morgan fingerprint density at radius 1 is 0.329 bits per heavy atom. The van der Waals surface area contributed by atoms with E-state index in [9.17, 15) is 0 Å². The second kappa shape index (κ2) is 24.2. The molecule has 4 aliphatic heterocycles. The van der Waals surface area contributed by atoms with E-state index in [2.05, 4.69) is 48.5 Å². The Hall–Kier alpha value is -6.04. The summed E-state index contributed by atoms with van der Waals surface area (Å²) in [7, 11) is 13.7. The minimum absolute atomic E-state index is 0.308. The molecule has 0 saturated carbocycles. The summed E-state index contributed by atoms with van der Waals surface area (Å²) in [4.78, 5) is 20.7. The average molecular weight is 955 g/mol. The van der Waals surface area contributed by atoms with E-state index in [1.807, 2.05) is 0 Å². The Morgan fingerprint density at radius 3 is 0.900 bits per heavy atom. The number of hydrogen-bond donors (Lipinski definition) is 0. The third-order valence-electron chi connectivity index (χ3n) is 14.9. The van der Waals surface area contributed by atoms with Crippen molar-refractivity contribution in [1.82, 2.24) is 0 Å². The lowest BCUT2D eigenvalue weighted by Gasteiger charge is -2.27. The van der Waals surface area contributed by atoms with Crippen LogP contribution in [0.3, 0.4) is 0 Å². The second-order valence-corrected chi connectivity index (χ2v) is 18.8. The predicted molar refractivity (Wildman–Crippen MR) is 281 cm³/mol. The molecule has 4 aromatic rings. The quantitative estimate of drug-likeness (QED) is 0.0602. The molecular weight excluding hydrogens is 881 g/mol.